The lowest BCUT2D eigenvalue weighted by Gasteiger charge is -2.50. The highest BCUT2D eigenvalue weighted by Gasteiger charge is 2.52. The molecule has 0 aliphatic carbocycles. The first kappa shape index (κ1) is 57.7. The molecule has 21 heteroatoms. The molecule has 3 rings (SSSR count). The van der Waals surface area contributed by atoms with Crippen molar-refractivity contribution in [3.05, 3.63) is 24.3 Å². The number of hydrogen-bond acceptors (Lipinski definition) is 19. The Labute approximate surface area is 380 Å². The lowest BCUT2D eigenvalue weighted by molar-refractivity contribution is -0.344. The maximum atomic E-state index is 12.9. The highest BCUT2D eigenvalue weighted by molar-refractivity contribution is 5.83. The molecule has 0 saturated carbocycles. The summed E-state index contributed by atoms with van der Waals surface area (Å²) in [6.45, 7) is 12.4. The SMILES string of the molecule is CO[C@@H]1[C@@H](O[C@@H]2O[C@H](C)[C@@H](O[C@H]3C[C@@](C)(O)[C@@H](OC(=O)CC(C)C)[C@H](C)O3)[C@H](N(C)C)[C@H]2O)[C@@H](CC=O)C[C@@H](C)[C@@H](O)/C=C/C=C/C[C@@H](C)OC(=O)C[C@H]1O.O=C(O)[C@H](O)[C@@H](O)C(=O)O. The van der Waals surface area contributed by atoms with E-state index >= 15 is 0 Å². The summed E-state index contributed by atoms with van der Waals surface area (Å²) < 4.78 is 42.4. The van der Waals surface area contributed by atoms with Crippen LogP contribution in [0.1, 0.15) is 87.0 Å². The Morgan fingerprint density at radius 2 is 1.55 bits per heavy atom. The standard InChI is InChI=1S/C40H67NO14.C4H6O6/c1-22(2)18-30(45)53-38-26(6)51-32(21-40(38,7)48)54-35-25(5)52-39(34(47)33(35)41(8)9)55-36-27(16-17-42)19-23(3)28(43)15-13-11-12-14-24(4)50-31(46)20-29(44)37(36)49-10;5-1(3(7)8)2(6)4(9)10/h11-13,15,17,22-29,32-39,43-44,47-48H,14,16,18-21H2,1-10H3;1-2,5-6H,(H,7,8)(H,9,10)/b12-11+,15-13+;/t23-,24-,25-,26+,27+,28+,29-,32+,33-,34-,35-,36+,37+,38+,39+,40-;1-,2-/m11/s1. The van der Waals surface area contributed by atoms with Crippen LogP contribution in [0.4, 0.5) is 0 Å². The Kier molecular flexibility index (Phi) is 23.8. The second-order valence-corrected chi connectivity index (χ2v) is 17.9. The number of aliphatic hydroxyl groups excluding tert-OH is 5. The van der Waals surface area contributed by atoms with E-state index in [1.165, 1.54) is 7.11 Å². The lowest BCUT2D eigenvalue weighted by atomic mass is 9.82. The van der Waals surface area contributed by atoms with Crippen LogP contribution in [0.15, 0.2) is 24.3 Å². The first-order chi connectivity index (χ1) is 30.2. The van der Waals surface area contributed by atoms with Crippen molar-refractivity contribution in [2.75, 3.05) is 21.2 Å². The molecule has 65 heavy (non-hydrogen) atoms. The summed E-state index contributed by atoms with van der Waals surface area (Å²) in [5.74, 6) is -5.57. The van der Waals surface area contributed by atoms with Crippen LogP contribution in [0.2, 0.25) is 0 Å². The van der Waals surface area contributed by atoms with Gasteiger partial charge in [0.25, 0.3) is 0 Å². The molecule has 3 heterocycles. The first-order valence-electron chi connectivity index (χ1n) is 21.8. The molecule has 0 amide bonds. The van der Waals surface area contributed by atoms with Crippen molar-refractivity contribution in [2.24, 2.45) is 17.8 Å². The zero-order valence-electron chi connectivity index (χ0n) is 38.9. The van der Waals surface area contributed by atoms with Crippen LogP contribution >= 0.6 is 0 Å². The van der Waals surface area contributed by atoms with Crippen molar-refractivity contribution in [3.8, 4) is 0 Å². The normalized spacial score (nSPS) is 38.3. The van der Waals surface area contributed by atoms with Crippen molar-refractivity contribution >= 4 is 30.2 Å². The van der Waals surface area contributed by atoms with Gasteiger partial charge in [0, 0.05) is 32.8 Å². The minimum Gasteiger partial charge on any atom is -0.479 e. The number of cyclic esters (lactones) is 1. The summed E-state index contributed by atoms with van der Waals surface area (Å²) in [7, 11) is 4.86. The molecule has 0 unspecified atom stereocenters. The van der Waals surface area contributed by atoms with Gasteiger partial charge in [-0.1, -0.05) is 45.1 Å². The smallest absolute Gasteiger partial charge is 0.335 e. The van der Waals surface area contributed by atoms with E-state index in [9.17, 15) is 44.4 Å². The van der Waals surface area contributed by atoms with E-state index in [0.717, 1.165) is 6.29 Å². The number of methoxy groups -OCH3 is 1. The van der Waals surface area contributed by atoms with Crippen molar-refractivity contribution in [1.29, 1.82) is 0 Å². The topological polar surface area (TPSA) is 315 Å². The number of rotatable bonds is 14. The molecule has 3 aliphatic rings. The molecule has 0 radical (unpaired) electrons. The average molecular weight is 936 g/mol. The molecule has 2 saturated heterocycles. The maximum Gasteiger partial charge on any atom is 0.335 e. The van der Waals surface area contributed by atoms with E-state index < -0.39 is 134 Å². The minimum atomic E-state index is -2.27. The average Bonchev–Trinajstić information content (AvgIpc) is 3.19. The van der Waals surface area contributed by atoms with E-state index in [-0.39, 0.29) is 37.5 Å². The van der Waals surface area contributed by atoms with Crippen LogP contribution in [0.5, 0.6) is 0 Å². The second kappa shape index (κ2) is 26.8. The summed E-state index contributed by atoms with van der Waals surface area (Å²) in [4.78, 5) is 58.8. The Hall–Kier alpha value is -3.45. The molecule has 0 bridgehead atoms. The van der Waals surface area contributed by atoms with Gasteiger partial charge in [-0.3, -0.25) is 9.59 Å². The summed E-state index contributed by atoms with van der Waals surface area (Å²) in [6.07, 6.45) is -8.46. The number of aldehydes is 1. The van der Waals surface area contributed by atoms with Gasteiger partial charge >= 0.3 is 23.9 Å². The van der Waals surface area contributed by atoms with Crippen LogP contribution < -0.4 is 0 Å². The number of likely N-dealkylation sites (N-methyl/N-ethyl adjacent to an activating group) is 1. The van der Waals surface area contributed by atoms with Gasteiger partial charge in [0.1, 0.15) is 36.3 Å². The summed E-state index contributed by atoms with van der Waals surface area (Å²) in [5.41, 5.74) is -1.49. The number of nitrogens with zero attached hydrogens (tertiary/aromatic N) is 1. The van der Waals surface area contributed by atoms with Crippen LogP contribution in [-0.4, -0.2) is 195 Å². The number of hydrogen-bond donors (Lipinski definition) is 8. The number of carboxylic acid groups (broad SMARTS) is 2. The maximum absolute atomic E-state index is 12.9. The van der Waals surface area contributed by atoms with E-state index in [1.807, 2.05) is 26.8 Å². The number of aliphatic carboxylic acids is 2. The van der Waals surface area contributed by atoms with Crippen LogP contribution in [0.25, 0.3) is 0 Å². The van der Waals surface area contributed by atoms with Gasteiger partial charge < -0.3 is 83.7 Å². The molecule has 2 fully saturated rings. The van der Waals surface area contributed by atoms with Gasteiger partial charge in [0.05, 0.1) is 43.0 Å². The van der Waals surface area contributed by atoms with E-state index in [1.54, 1.807) is 64.9 Å². The van der Waals surface area contributed by atoms with E-state index in [2.05, 4.69) is 0 Å². The lowest BCUT2D eigenvalue weighted by Crippen LogP contribution is -2.66. The fraction of sp³-hybridized carbons (Fsp3) is 0.795. The van der Waals surface area contributed by atoms with E-state index in [0.29, 0.717) is 6.42 Å². The number of ether oxygens (including phenoxy) is 7. The fourth-order valence-corrected chi connectivity index (χ4v) is 8.05. The molecular formula is C44H73NO20. The third-order valence-corrected chi connectivity index (χ3v) is 11.4. The molecule has 0 aromatic carbocycles. The van der Waals surface area contributed by atoms with Gasteiger partial charge in [-0.05, 0) is 66.0 Å². The third-order valence-electron chi connectivity index (χ3n) is 11.4. The summed E-state index contributed by atoms with van der Waals surface area (Å²) in [5, 5.41) is 78.3. The monoisotopic (exact) mass is 935 g/mol. The van der Waals surface area contributed by atoms with Gasteiger partial charge in [-0.15, -0.1) is 0 Å². The second-order valence-electron chi connectivity index (χ2n) is 17.9. The zero-order chi connectivity index (χ0) is 49.5. The molecule has 0 spiro atoms. The largest absolute Gasteiger partial charge is 0.479 e. The van der Waals surface area contributed by atoms with Gasteiger partial charge in [-0.2, -0.15) is 0 Å². The minimum absolute atomic E-state index is 0.0318. The Balaban J connectivity index is 0.00000129. The summed E-state index contributed by atoms with van der Waals surface area (Å²) in [6, 6.07) is -0.753. The molecule has 0 aromatic heterocycles. The fourth-order valence-electron chi connectivity index (χ4n) is 8.05. The molecule has 21 nitrogen and oxygen atoms in total. The quantitative estimate of drug-likeness (QED) is 0.0859. The predicted octanol–water partition coefficient (Wildman–Crippen LogP) is 0.320. The van der Waals surface area contributed by atoms with Crippen LogP contribution in [0, 0.1) is 17.8 Å². The molecule has 18 atom stereocenters. The van der Waals surface area contributed by atoms with Crippen molar-refractivity contribution in [2.45, 2.75) is 184 Å². The van der Waals surface area contributed by atoms with E-state index in [4.69, 9.17) is 53.6 Å². The summed E-state index contributed by atoms with van der Waals surface area (Å²) >= 11 is 0. The number of esters is 2. The number of aliphatic hydroxyl groups is 6. The van der Waals surface area contributed by atoms with Crippen LogP contribution in [-0.2, 0) is 57.1 Å². The van der Waals surface area contributed by atoms with Crippen molar-refractivity contribution < 1.29 is 98.0 Å². The molecule has 374 valence electrons. The Morgan fingerprint density at radius 3 is 2.08 bits per heavy atom. The third kappa shape index (κ3) is 17.6. The van der Waals surface area contributed by atoms with Gasteiger partial charge in [-0.25, -0.2) is 9.59 Å². The number of carboxylic acids is 2. The molecule has 0 aromatic rings. The Morgan fingerprint density at radius 1 is 0.938 bits per heavy atom. The zero-order valence-corrected chi connectivity index (χ0v) is 38.9. The number of carbonyl (C=O) groups excluding carboxylic acids is 3. The highest BCUT2D eigenvalue weighted by atomic mass is 16.7. The molecule has 3 aliphatic heterocycles. The van der Waals surface area contributed by atoms with Crippen molar-refractivity contribution in [3.63, 3.8) is 0 Å². The van der Waals surface area contributed by atoms with Gasteiger partial charge in [0.2, 0.25) is 0 Å². The van der Waals surface area contributed by atoms with Crippen molar-refractivity contribution in [1.82, 2.24) is 4.90 Å². The predicted molar refractivity (Wildman–Crippen MR) is 228 cm³/mol. The van der Waals surface area contributed by atoms with Gasteiger partial charge in [0.15, 0.2) is 30.9 Å². The molecule has 8 N–H and O–H groups in total. The molecular weight excluding hydrogens is 862 g/mol. The van der Waals surface area contributed by atoms with Crippen LogP contribution in [0.3, 0.4) is 0 Å². The Bertz CT molecular complexity index is 1550. The number of carbonyl (C=O) groups is 5. The first-order valence-corrected chi connectivity index (χ1v) is 21.8. The number of allylic oxidation sites excluding steroid dienone is 2. The highest BCUT2D eigenvalue weighted by Crippen LogP contribution is 2.37.